The summed E-state index contributed by atoms with van der Waals surface area (Å²) in [5.74, 6) is -0.181. The molecular formula is C25H28Cl2FN3O3S. The minimum Gasteiger partial charge on any atom is -0.506 e. The third kappa shape index (κ3) is 7.76. The van der Waals surface area contributed by atoms with Gasteiger partial charge in [0.2, 0.25) is 0 Å². The van der Waals surface area contributed by atoms with Gasteiger partial charge in [0.15, 0.2) is 0 Å². The van der Waals surface area contributed by atoms with Crippen LogP contribution in [0, 0.1) is 5.82 Å². The van der Waals surface area contributed by atoms with Gasteiger partial charge in [0, 0.05) is 31.6 Å². The topological polar surface area (TPSA) is 97.4 Å². The maximum absolute atomic E-state index is 13.7. The Hall–Kier alpha value is -2.46. The van der Waals surface area contributed by atoms with Gasteiger partial charge in [-0.3, -0.25) is 10.1 Å². The molecule has 0 aliphatic heterocycles. The second-order valence-corrected chi connectivity index (χ2v) is 8.88. The zero-order valence-corrected chi connectivity index (χ0v) is 21.2. The smallest absolute Gasteiger partial charge is 0.305 e. The van der Waals surface area contributed by atoms with Gasteiger partial charge in [-0.25, -0.2) is 4.39 Å². The SMILES string of the molecule is Cl.Cl.O=c1[nH]c2c(O)ccc(CC(O)NCCc3cccc(CNCc4ccccc4F)c3)c2s1. The molecule has 188 valence electrons. The molecule has 3 aromatic carbocycles. The number of aromatic hydroxyl groups is 1. The summed E-state index contributed by atoms with van der Waals surface area (Å²) in [6.07, 6.45) is 0.284. The summed E-state index contributed by atoms with van der Waals surface area (Å²) in [6.45, 7) is 1.68. The maximum atomic E-state index is 13.7. The molecule has 0 bridgehead atoms. The first-order chi connectivity index (χ1) is 16.0. The Morgan fingerprint density at radius 2 is 1.74 bits per heavy atom. The molecule has 0 aliphatic rings. The number of aliphatic hydroxyl groups excluding tert-OH is 1. The number of rotatable bonds is 10. The zero-order valence-electron chi connectivity index (χ0n) is 18.8. The van der Waals surface area contributed by atoms with Crippen molar-refractivity contribution in [2.24, 2.45) is 0 Å². The van der Waals surface area contributed by atoms with Crippen molar-refractivity contribution in [2.75, 3.05) is 6.54 Å². The Morgan fingerprint density at radius 3 is 2.54 bits per heavy atom. The number of H-pyrrole nitrogens is 1. The van der Waals surface area contributed by atoms with Crippen molar-refractivity contribution in [2.45, 2.75) is 32.2 Å². The van der Waals surface area contributed by atoms with Crippen LogP contribution < -0.4 is 15.5 Å². The van der Waals surface area contributed by atoms with E-state index in [1.165, 1.54) is 12.1 Å². The van der Waals surface area contributed by atoms with Crippen LogP contribution >= 0.6 is 36.2 Å². The highest BCUT2D eigenvalue weighted by molar-refractivity contribution is 7.16. The number of phenols is 1. The van der Waals surface area contributed by atoms with Crippen molar-refractivity contribution in [1.29, 1.82) is 0 Å². The summed E-state index contributed by atoms with van der Waals surface area (Å²) < 4.78 is 14.4. The average Bonchev–Trinajstić information content (AvgIpc) is 3.20. The van der Waals surface area contributed by atoms with Gasteiger partial charge in [0.1, 0.15) is 23.3 Å². The number of hydrogen-bond donors (Lipinski definition) is 5. The van der Waals surface area contributed by atoms with Gasteiger partial charge in [-0.15, -0.1) is 24.8 Å². The van der Waals surface area contributed by atoms with E-state index in [4.69, 9.17) is 0 Å². The van der Waals surface area contributed by atoms with E-state index in [9.17, 15) is 19.4 Å². The fourth-order valence-corrected chi connectivity index (χ4v) is 4.65. The van der Waals surface area contributed by atoms with E-state index >= 15 is 0 Å². The monoisotopic (exact) mass is 539 g/mol. The largest absolute Gasteiger partial charge is 0.506 e. The fraction of sp³-hybridized carbons (Fsp3) is 0.240. The van der Waals surface area contributed by atoms with E-state index in [1.54, 1.807) is 18.2 Å². The molecule has 6 nitrogen and oxygen atoms in total. The molecule has 5 N–H and O–H groups in total. The quantitative estimate of drug-likeness (QED) is 0.194. The lowest BCUT2D eigenvalue weighted by atomic mass is 10.1. The molecule has 0 radical (unpaired) electrons. The van der Waals surface area contributed by atoms with Crippen LogP contribution in [0.15, 0.2) is 65.5 Å². The molecule has 1 aromatic heterocycles. The molecule has 1 unspecified atom stereocenters. The van der Waals surface area contributed by atoms with E-state index < -0.39 is 6.23 Å². The van der Waals surface area contributed by atoms with Crippen molar-refractivity contribution >= 4 is 46.4 Å². The van der Waals surface area contributed by atoms with Crippen LogP contribution in [-0.2, 0) is 25.9 Å². The molecule has 1 atom stereocenters. The van der Waals surface area contributed by atoms with Crippen molar-refractivity contribution in [1.82, 2.24) is 15.6 Å². The minimum atomic E-state index is -0.777. The summed E-state index contributed by atoms with van der Waals surface area (Å²) in [5.41, 5.74) is 4.10. The summed E-state index contributed by atoms with van der Waals surface area (Å²) in [6, 6.07) is 18.2. The molecule has 4 aromatic rings. The van der Waals surface area contributed by atoms with E-state index in [2.05, 4.69) is 21.7 Å². The predicted octanol–water partition coefficient (Wildman–Crippen LogP) is 4.26. The lowest BCUT2D eigenvalue weighted by Crippen LogP contribution is -2.32. The highest BCUT2D eigenvalue weighted by Crippen LogP contribution is 2.28. The van der Waals surface area contributed by atoms with Gasteiger partial charge in [-0.2, -0.15) is 0 Å². The van der Waals surface area contributed by atoms with E-state index in [-0.39, 0.29) is 41.3 Å². The Labute approximate surface area is 219 Å². The first kappa shape index (κ1) is 28.8. The average molecular weight is 540 g/mol. The van der Waals surface area contributed by atoms with Crippen molar-refractivity contribution in [3.63, 3.8) is 0 Å². The molecule has 0 amide bonds. The van der Waals surface area contributed by atoms with E-state index in [1.807, 2.05) is 24.3 Å². The molecule has 4 rings (SSSR count). The van der Waals surface area contributed by atoms with Gasteiger partial charge < -0.3 is 20.5 Å². The number of thiazole rings is 1. The number of halogens is 3. The molecule has 0 saturated heterocycles. The highest BCUT2D eigenvalue weighted by atomic mass is 35.5. The van der Waals surface area contributed by atoms with Crippen LogP contribution in [-0.4, -0.2) is 28.0 Å². The summed E-state index contributed by atoms with van der Waals surface area (Å²) in [5, 5.41) is 26.7. The summed E-state index contributed by atoms with van der Waals surface area (Å²) >= 11 is 1.03. The minimum absolute atomic E-state index is 0. The number of aromatic nitrogens is 1. The molecule has 10 heteroatoms. The van der Waals surface area contributed by atoms with Crippen molar-refractivity contribution < 1.29 is 14.6 Å². The number of aromatic amines is 1. The number of phenolic OH excluding ortho intramolecular Hbond substituents is 1. The molecule has 0 fully saturated rings. The number of aliphatic hydroxyl groups is 1. The van der Waals surface area contributed by atoms with Crippen LogP contribution in [0.1, 0.15) is 22.3 Å². The van der Waals surface area contributed by atoms with E-state index in [0.717, 1.165) is 34.4 Å². The second-order valence-electron chi connectivity index (χ2n) is 7.90. The molecule has 1 heterocycles. The zero-order chi connectivity index (χ0) is 23.2. The fourth-order valence-electron chi connectivity index (χ4n) is 3.78. The third-order valence-electron chi connectivity index (χ3n) is 5.44. The van der Waals surface area contributed by atoms with Crippen molar-refractivity contribution in [3.05, 3.63) is 98.4 Å². The Balaban J connectivity index is 0.00000216. The van der Waals surface area contributed by atoms with Gasteiger partial charge in [0.25, 0.3) is 0 Å². The molecule has 35 heavy (non-hydrogen) atoms. The van der Waals surface area contributed by atoms with Crippen LogP contribution in [0.2, 0.25) is 0 Å². The third-order valence-corrected chi connectivity index (χ3v) is 6.40. The van der Waals surface area contributed by atoms with Crippen LogP contribution in [0.4, 0.5) is 4.39 Å². The first-order valence-electron chi connectivity index (χ1n) is 10.8. The number of fused-ring (bicyclic) bond motifs is 1. The molecular weight excluding hydrogens is 512 g/mol. The second kappa shape index (κ2) is 13.6. The normalized spacial score (nSPS) is 11.6. The summed E-state index contributed by atoms with van der Waals surface area (Å²) in [7, 11) is 0. The highest BCUT2D eigenvalue weighted by Gasteiger charge is 2.13. The van der Waals surface area contributed by atoms with Gasteiger partial charge in [0.05, 0.1) is 4.70 Å². The first-order valence-corrected chi connectivity index (χ1v) is 11.6. The van der Waals surface area contributed by atoms with E-state index in [0.29, 0.717) is 41.8 Å². The number of benzene rings is 3. The van der Waals surface area contributed by atoms with Gasteiger partial charge in [-0.1, -0.05) is 59.9 Å². The molecule has 0 saturated carbocycles. The standard InChI is InChI=1S/C25H26FN3O3S.2ClH/c26-20-7-2-1-6-19(20)15-27-14-17-5-3-4-16(12-17)10-11-28-22(31)13-18-8-9-21(30)23-24(18)33-25(32)29-23;;/h1-9,12,22,27-28,30-31H,10-11,13-15H2,(H,29,32);2*1H. The number of nitrogens with one attached hydrogen (secondary N) is 3. The molecule has 0 spiro atoms. The Bertz CT molecular complexity index is 1300. The van der Waals surface area contributed by atoms with Crippen LogP contribution in [0.5, 0.6) is 5.75 Å². The predicted molar refractivity (Wildman–Crippen MR) is 143 cm³/mol. The Kier molecular flexibility index (Phi) is 11.2. The lowest BCUT2D eigenvalue weighted by Gasteiger charge is -2.14. The number of hydrogen-bond acceptors (Lipinski definition) is 6. The Morgan fingerprint density at radius 1 is 0.971 bits per heavy atom. The van der Waals surface area contributed by atoms with Crippen LogP contribution in [0.3, 0.4) is 0 Å². The van der Waals surface area contributed by atoms with Gasteiger partial charge in [-0.05, 0) is 35.2 Å². The molecule has 0 aliphatic carbocycles. The van der Waals surface area contributed by atoms with Crippen molar-refractivity contribution in [3.8, 4) is 5.75 Å². The van der Waals surface area contributed by atoms with Gasteiger partial charge >= 0.3 is 4.87 Å². The summed E-state index contributed by atoms with van der Waals surface area (Å²) in [4.78, 5) is 14.0. The van der Waals surface area contributed by atoms with Crippen LogP contribution in [0.25, 0.3) is 10.2 Å². The lowest BCUT2D eigenvalue weighted by molar-refractivity contribution is 0.138. The maximum Gasteiger partial charge on any atom is 0.305 e.